The van der Waals surface area contributed by atoms with Crippen LogP contribution in [0.15, 0.2) is 54.6 Å². The van der Waals surface area contributed by atoms with E-state index < -0.39 is 0 Å². The Labute approximate surface area is 126 Å². The van der Waals surface area contributed by atoms with Gasteiger partial charge in [-0.15, -0.1) is 0 Å². The molecule has 0 heterocycles. The van der Waals surface area contributed by atoms with Crippen LogP contribution in [0.4, 0.5) is 0 Å². The quantitative estimate of drug-likeness (QED) is 0.822. The summed E-state index contributed by atoms with van der Waals surface area (Å²) >= 11 is 0. The Hall–Kier alpha value is -1.84. The van der Waals surface area contributed by atoms with Crippen LogP contribution in [-0.2, 0) is 6.42 Å². The fraction of sp³-hybridized carbons (Fsp3) is 0.333. The molecule has 2 atom stereocenters. The summed E-state index contributed by atoms with van der Waals surface area (Å²) < 4.78 is 5.38. The number of benzene rings is 2. The van der Waals surface area contributed by atoms with Crippen molar-refractivity contribution in [2.45, 2.75) is 25.4 Å². The van der Waals surface area contributed by atoms with Gasteiger partial charge in [-0.2, -0.15) is 0 Å². The highest BCUT2D eigenvalue weighted by molar-refractivity contribution is 5.33. The lowest BCUT2D eigenvalue weighted by molar-refractivity contribution is 0.234. The van der Waals surface area contributed by atoms with Crippen molar-refractivity contribution in [1.29, 1.82) is 0 Å². The summed E-state index contributed by atoms with van der Waals surface area (Å²) in [5.74, 6) is 0.909. The molecule has 0 amide bonds. The van der Waals surface area contributed by atoms with Crippen LogP contribution in [0.2, 0.25) is 0 Å². The van der Waals surface area contributed by atoms with Crippen molar-refractivity contribution in [3.8, 4) is 5.75 Å². The number of nitrogens with one attached hydrogen (secondary N) is 1. The Balaban J connectivity index is 2.01. The first-order valence-electron chi connectivity index (χ1n) is 7.28. The smallest absolute Gasteiger partial charge is 0.122 e. The minimum Gasteiger partial charge on any atom is -0.496 e. The zero-order chi connectivity index (χ0) is 15.1. The van der Waals surface area contributed by atoms with E-state index in [2.05, 4.69) is 18.3 Å². The highest BCUT2D eigenvalue weighted by Gasteiger charge is 2.14. The van der Waals surface area contributed by atoms with Crippen molar-refractivity contribution in [3.05, 3.63) is 65.7 Å². The Morgan fingerprint density at radius 3 is 2.38 bits per heavy atom. The molecule has 2 aromatic carbocycles. The number of aliphatic hydroxyl groups is 1. The highest BCUT2D eigenvalue weighted by Crippen LogP contribution is 2.20. The number of methoxy groups -OCH3 is 1. The van der Waals surface area contributed by atoms with E-state index in [0.717, 1.165) is 17.7 Å². The Bertz CT molecular complexity index is 542. The van der Waals surface area contributed by atoms with Gasteiger partial charge in [-0.05, 0) is 30.5 Å². The van der Waals surface area contributed by atoms with E-state index >= 15 is 0 Å². The zero-order valence-corrected chi connectivity index (χ0v) is 12.6. The van der Waals surface area contributed by atoms with Gasteiger partial charge in [0.25, 0.3) is 0 Å². The second-order valence-electron chi connectivity index (χ2n) is 5.23. The predicted molar refractivity (Wildman–Crippen MR) is 85.6 cm³/mol. The third kappa shape index (κ3) is 4.31. The normalized spacial score (nSPS) is 13.7. The second-order valence-corrected chi connectivity index (χ2v) is 5.23. The van der Waals surface area contributed by atoms with Crippen LogP contribution in [0.3, 0.4) is 0 Å². The van der Waals surface area contributed by atoms with Crippen molar-refractivity contribution in [2.24, 2.45) is 0 Å². The van der Waals surface area contributed by atoms with E-state index in [1.54, 1.807) is 7.11 Å². The van der Waals surface area contributed by atoms with E-state index in [1.807, 2.05) is 48.5 Å². The maximum absolute atomic E-state index is 9.61. The fourth-order valence-electron chi connectivity index (χ4n) is 2.54. The first-order valence-corrected chi connectivity index (χ1v) is 7.28. The van der Waals surface area contributed by atoms with E-state index in [-0.39, 0.29) is 18.7 Å². The third-order valence-corrected chi connectivity index (χ3v) is 3.59. The van der Waals surface area contributed by atoms with E-state index in [9.17, 15) is 5.11 Å². The van der Waals surface area contributed by atoms with Crippen molar-refractivity contribution in [2.75, 3.05) is 13.7 Å². The lowest BCUT2D eigenvalue weighted by Crippen LogP contribution is -2.34. The number of rotatable bonds is 7. The first kappa shape index (κ1) is 15.5. The largest absolute Gasteiger partial charge is 0.496 e. The van der Waals surface area contributed by atoms with Gasteiger partial charge in [-0.25, -0.2) is 0 Å². The molecule has 3 heteroatoms. The van der Waals surface area contributed by atoms with Crippen molar-refractivity contribution in [1.82, 2.24) is 5.32 Å². The Kier molecular flexibility index (Phi) is 5.78. The van der Waals surface area contributed by atoms with Gasteiger partial charge in [0.1, 0.15) is 5.75 Å². The Morgan fingerprint density at radius 1 is 1.05 bits per heavy atom. The van der Waals surface area contributed by atoms with Gasteiger partial charge in [0.15, 0.2) is 0 Å². The fourth-order valence-corrected chi connectivity index (χ4v) is 2.54. The van der Waals surface area contributed by atoms with E-state index in [0.29, 0.717) is 0 Å². The van der Waals surface area contributed by atoms with Crippen LogP contribution in [0.1, 0.15) is 24.1 Å². The summed E-state index contributed by atoms with van der Waals surface area (Å²) in [7, 11) is 1.69. The van der Waals surface area contributed by atoms with Crippen molar-refractivity contribution >= 4 is 0 Å². The first-order chi connectivity index (χ1) is 10.2. The molecular weight excluding hydrogens is 262 g/mol. The molecule has 0 aliphatic heterocycles. The monoisotopic (exact) mass is 285 g/mol. The molecule has 0 fully saturated rings. The van der Waals surface area contributed by atoms with Crippen molar-refractivity contribution < 1.29 is 9.84 Å². The summed E-state index contributed by atoms with van der Waals surface area (Å²) in [5, 5.41) is 13.1. The van der Waals surface area contributed by atoms with Gasteiger partial charge in [0.2, 0.25) is 0 Å². The number of aliphatic hydroxyl groups excluding tert-OH is 1. The number of para-hydroxylation sites is 1. The molecule has 2 aromatic rings. The number of hydrogen-bond acceptors (Lipinski definition) is 3. The van der Waals surface area contributed by atoms with E-state index in [1.165, 1.54) is 5.56 Å². The molecule has 0 radical (unpaired) electrons. The van der Waals surface area contributed by atoms with Gasteiger partial charge in [0.05, 0.1) is 19.8 Å². The lowest BCUT2D eigenvalue weighted by Gasteiger charge is -2.23. The SMILES string of the molecule is COc1ccccc1CC(C)N[C@@H](CO)c1ccccc1. The molecule has 0 saturated carbocycles. The third-order valence-electron chi connectivity index (χ3n) is 3.59. The molecule has 1 unspecified atom stereocenters. The molecule has 3 nitrogen and oxygen atoms in total. The van der Waals surface area contributed by atoms with Gasteiger partial charge in [-0.3, -0.25) is 0 Å². The minimum atomic E-state index is -0.0455. The highest BCUT2D eigenvalue weighted by atomic mass is 16.5. The molecule has 0 aromatic heterocycles. The van der Waals surface area contributed by atoms with Crippen molar-refractivity contribution in [3.63, 3.8) is 0 Å². The average Bonchev–Trinajstić information content (AvgIpc) is 2.54. The molecule has 0 bridgehead atoms. The predicted octanol–water partition coefficient (Wildman–Crippen LogP) is 2.95. The molecular formula is C18H23NO2. The number of hydrogen-bond donors (Lipinski definition) is 2. The van der Waals surface area contributed by atoms with Crippen LogP contribution in [-0.4, -0.2) is 24.9 Å². The summed E-state index contributed by atoms with van der Waals surface area (Å²) in [4.78, 5) is 0. The molecule has 0 saturated heterocycles. The summed E-state index contributed by atoms with van der Waals surface area (Å²) in [6, 6.07) is 18.3. The zero-order valence-electron chi connectivity index (χ0n) is 12.6. The van der Waals surface area contributed by atoms with Crippen LogP contribution < -0.4 is 10.1 Å². The maximum Gasteiger partial charge on any atom is 0.122 e. The molecule has 0 aliphatic carbocycles. The number of ether oxygens (including phenoxy) is 1. The second kappa shape index (κ2) is 7.81. The molecule has 0 aliphatic rings. The van der Waals surface area contributed by atoms with Crippen LogP contribution >= 0.6 is 0 Å². The average molecular weight is 285 g/mol. The van der Waals surface area contributed by atoms with Gasteiger partial charge in [0, 0.05) is 6.04 Å². The topological polar surface area (TPSA) is 41.5 Å². The van der Waals surface area contributed by atoms with Gasteiger partial charge >= 0.3 is 0 Å². The molecule has 2 rings (SSSR count). The minimum absolute atomic E-state index is 0.0455. The van der Waals surface area contributed by atoms with E-state index in [4.69, 9.17) is 4.74 Å². The lowest BCUT2D eigenvalue weighted by atomic mass is 10.0. The van der Waals surface area contributed by atoms with Crippen LogP contribution in [0.25, 0.3) is 0 Å². The molecule has 2 N–H and O–H groups in total. The summed E-state index contributed by atoms with van der Waals surface area (Å²) in [5.41, 5.74) is 2.27. The van der Waals surface area contributed by atoms with Gasteiger partial charge in [-0.1, -0.05) is 48.5 Å². The Morgan fingerprint density at radius 2 is 1.71 bits per heavy atom. The van der Waals surface area contributed by atoms with Crippen LogP contribution in [0, 0.1) is 0 Å². The molecule has 112 valence electrons. The standard InChI is InChI=1S/C18H23NO2/c1-14(12-16-10-6-7-11-18(16)21-2)19-17(13-20)15-8-4-3-5-9-15/h3-11,14,17,19-20H,12-13H2,1-2H3/t14?,17-/m0/s1. The van der Waals surface area contributed by atoms with Crippen LogP contribution in [0.5, 0.6) is 5.75 Å². The molecule has 21 heavy (non-hydrogen) atoms. The van der Waals surface area contributed by atoms with Gasteiger partial charge < -0.3 is 15.2 Å². The molecule has 0 spiro atoms. The summed E-state index contributed by atoms with van der Waals surface area (Å²) in [6.07, 6.45) is 0.855. The summed E-state index contributed by atoms with van der Waals surface area (Å²) in [6.45, 7) is 2.21. The maximum atomic E-state index is 9.61.